The Kier molecular flexibility index (Phi) is 4.82. The van der Waals surface area contributed by atoms with Crippen LogP contribution in [0.2, 0.25) is 0 Å². The van der Waals surface area contributed by atoms with Gasteiger partial charge in [0, 0.05) is 0 Å². The lowest BCUT2D eigenvalue weighted by Crippen LogP contribution is -2.29. The van der Waals surface area contributed by atoms with Crippen molar-refractivity contribution in [3.05, 3.63) is 59.7 Å². The molecule has 5 nitrogen and oxygen atoms in total. The molecule has 0 heterocycles. The predicted molar refractivity (Wildman–Crippen MR) is 83.0 cm³/mol. The second-order valence-corrected chi connectivity index (χ2v) is 6.71. The number of methoxy groups -OCH3 is 1. The highest BCUT2D eigenvalue weighted by Crippen LogP contribution is 2.19. The molecule has 0 saturated carbocycles. The fourth-order valence-electron chi connectivity index (χ4n) is 1.94. The lowest BCUT2D eigenvalue weighted by Gasteiger charge is -2.18. The fraction of sp³-hybridized carbons (Fsp3) is 0.188. The third-order valence-corrected chi connectivity index (χ3v) is 4.94. The molecule has 2 rings (SSSR count). The minimum absolute atomic E-state index is 0.0241. The number of rotatable bonds is 6. The first kappa shape index (κ1) is 16.0. The highest BCUT2D eigenvalue weighted by atomic mass is 32.2. The topological polar surface area (TPSA) is 63.7 Å². The van der Waals surface area contributed by atoms with E-state index in [9.17, 15) is 13.2 Å². The molecule has 0 saturated heterocycles. The Bertz CT molecular complexity index is 737. The monoisotopic (exact) mass is 319 g/mol. The molecule has 0 aromatic heterocycles. The Hall–Kier alpha value is -2.34. The molecule has 0 aliphatic heterocycles. The van der Waals surface area contributed by atoms with E-state index >= 15 is 0 Å². The Balaban J connectivity index is 2.26. The van der Waals surface area contributed by atoms with E-state index in [1.54, 1.807) is 43.5 Å². The number of carbonyl (C=O) groups is 1. The summed E-state index contributed by atoms with van der Waals surface area (Å²) >= 11 is 0. The summed E-state index contributed by atoms with van der Waals surface area (Å²) in [5.74, 6) is 0.669. The van der Waals surface area contributed by atoms with Gasteiger partial charge in [0.15, 0.2) is 0 Å². The van der Waals surface area contributed by atoms with Crippen LogP contribution in [0.4, 0.5) is 0 Å². The van der Waals surface area contributed by atoms with Gasteiger partial charge < -0.3 is 4.74 Å². The Morgan fingerprint density at radius 2 is 1.64 bits per heavy atom. The molecule has 0 aliphatic rings. The number of amides is 1. The average Bonchev–Trinajstić information content (AvgIpc) is 2.53. The molecular weight excluding hydrogens is 302 g/mol. The molecule has 2 aromatic carbocycles. The normalized spacial score (nSPS) is 11.0. The summed E-state index contributed by atoms with van der Waals surface area (Å²) in [7, 11) is -2.30. The van der Waals surface area contributed by atoms with E-state index in [0.717, 1.165) is 9.87 Å². The van der Waals surface area contributed by atoms with Gasteiger partial charge in [-0.2, -0.15) is 0 Å². The molecule has 0 radical (unpaired) electrons. The van der Waals surface area contributed by atoms with Gasteiger partial charge in [0.2, 0.25) is 6.41 Å². The van der Waals surface area contributed by atoms with E-state index in [2.05, 4.69) is 0 Å². The number of sulfonamides is 1. The highest BCUT2D eigenvalue weighted by Gasteiger charge is 2.22. The summed E-state index contributed by atoms with van der Waals surface area (Å²) in [6.45, 7) is 1.84. The van der Waals surface area contributed by atoms with Crippen molar-refractivity contribution in [2.24, 2.45) is 0 Å². The molecule has 22 heavy (non-hydrogen) atoms. The van der Waals surface area contributed by atoms with Crippen LogP contribution in [0, 0.1) is 6.92 Å². The van der Waals surface area contributed by atoms with Gasteiger partial charge in [-0.15, -0.1) is 0 Å². The molecule has 0 atom stereocenters. The van der Waals surface area contributed by atoms with Crippen LogP contribution in [0.1, 0.15) is 11.1 Å². The van der Waals surface area contributed by atoms with Crippen molar-refractivity contribution in [1.29, 1.82) is 0 Å². The standard InChI is InChI=1S/C16H17NO4S/c1-13-3-9-16(10-4-13)22(19,20)17(12-18)11-14-5-7-15(21-2)8-6-14/h3-10,12H,11H2,1-2H3. The van der Waals surface area contributed by atoms with E-state index in [1.807, 2.05) is 6.92 Å². The lowest BCUT2D eigenvalue weighted by molar-refractivity contribution is -0.114. The zero-order valence-electron chi connectivity index (χ0n) is 12.4. The molecule has 2 aromatic rings. The largest absolute Gasteiger partial charge is 0.497 e. The summed E-state index contributed by atoms with van der Waals surface area (Å²) in [6.07, 6.45) is 0.333. The number of hydrogen-bond donors (Lipinski definition) is 0. The third-order valence-electron chi connectivity index (χ3n) is 3.24. The van der Waals surface area contributed by atoms with Crippen LogP contribution in [-0.2, 0) is 21.4 Å². The van der Waals surface area contributed by atoms with Crippen molar-refractivity contribution in [2.75, 3.05) is 7.11 Å². The van der Waals surface area contributed by atoms with Crippen molar-refractivity contribution >= 4 is 16.4 Å². The molecule has 6 heteroatoms. The van der Waals surface area contributed by atoms with Gasteiger partial charge in [0.25, 0.3) is 10.0 Å². The zero-order chi connectivity index (χ0) is 16.2. The molecule has 0 unspecified atom stereocenters. The number of nitrogens with zero attached hydrogens (tertiary/aromatic N) is 1. The Morgan fingerprint density at radius 1 is 1.05 bits per heavy atom. The van der Waals surface area contributed by atoms with E-state index < -0.39 is 10.0 Å². The predicted octanol–water partition coefficient (Wildman–Crippen LogP) is 2.35. The quantitative estimate of drug-likeness (QED) is 0.767. The van der Waals surface area contributed by atoms with Gasteiger partial charge >= 0.3 is 0 Å². The maximum absolute atomic E-state index is 12.5. The van der Waals surface area contributed by atoms with Crippen molar-refractivity contribution < 1.29 is 17.9 Å². The van der Waals surface area contributed by atoms with Gasteiger partial charge in [-0.25, -0.2) is 12.7 Å². The van der Waals surface area contributed by atoms with Gasteiger partial charge in [0.1, 0.15) is 5.75 Å². The number of benzene rings is 2. The second kappa shape index (κ2) is 6.62. The van der Waals surface area contributed by atoms with E-state index in [0.29, 0.717) is 17.7 Å². The molecule has 0 fully saturated rings. The second-order valence-electron chi connectivity index (χ2n) is 4.82. The van der Waals surface area contributed by atoms with Crippen LogP contribution in [0.25, 0.3) is 0 Å². The van der Waals surface area contributed by atoms with Gasteiger partial charge in [-0.05, 0) is 36.8 Å². The number of ether oxygens (including phenoxy) is 1. The third kappa shape index (κ3) is 3.46. The van der Waals surface area contributed by atoms with Crippen LogP contribution >= 0.6 is 0 Å². The van der Waals surface area contributed by atoms with Crippen molar-refractivity contribution in [2.45, 2.75) is 18.4 Å². The van der Waals surface area contributed by atoms with Crippen molar-refractivity contribution in [3.8, 4) is 5.75 Å². The number of carbonyl (C=O) groups excluding carboxylic acids is 1. The van der Waals surface area contributed by atoms with Crippen LogP contribution in [0.3, 0.4) is 0 Å². The molecule has 0 bridgehead atoms. The maximum atomic E-state index is 12.5. The minimum atomic E-state index is -3.85. The Labute approximate surface area is 130 Å². The van der Waals surface area contributed by atoms with Crippen LogP contribution in [-0.4, -0.2) is 26.2 Å². The van der Waals surface area contributed by atoms with Gasteiger partial charge in [-0.1, -0.05) is 29.8 Å². The summed E-state index contributed by atoms with van der Waals surface area (Å²) in [6, 6.07) is 13.3. The SMILES string of the molecule is COc1ccc(CN(C=O)S(=O)(=O)c2ccc(C)cc2)cc1. The van der Waals surface area contributed by atoms with Crippen molar-refractivity contribution in [3.63, 3.8) is 0 Å². The van der Waals surface area contributed by atoms with Gasteiger partial charge in [-0.3, -0.25) is 4.79 Å². The fourth-order valence-corrected chi connectivity index (χ4v) is 3.12. The molecule has 0 spiro atoms. The van der Waals surface area contributed by atoms with E-state index in [-0.39, 0.29) is 11.4 Å². The summed E-state index contributed by atoms with van der Waals surface area (Å²) < 4.78 is 30.8. The first-order valence-electron chi connectivity index (χ1n) is 6.64. The molecule has 0 aliphatic carbocycles. The van der Waals surface area contributed by atoms with Gasteiger partial charge in [0.05, 0.1) is 18.6 Å². The Morgan fingerprint density at radius 3 is 2.14 bits per heavy atom. The molecular formula is C16H17NO4S. The van der Waals surface area contributed by atoms with Crippen LogP contribution < -0.4 is 4.74 Å². The number of hydrogen-bond acceptors (Lipinski definition) is 4. The lowest BCUT2D eigenvalue weighted by atomic mass is 10.2. The molecule has 0 N–H and O–H groups in total. The maximum Gasteiger partial charge on any atom is 0.266 e. The average molecular weight is 319 g/mol. The minimum Gasteiger partial charge on any atom is -0.497 e. The molecule has 1 amide bonds. The van der Waals surface area contributed by atoms with Crippen LogP contribution in [0.15, 0.2) is 53.4 Å². The van der Waals surface area contributed by atoms with E-state index in [4.69, 9.17) is 4.74 Å². The highest BCUT2D eigenvalue weighted by molar-refractivity contribution is 7.89. The smallest absolute Gasteiger partial charge is 0.266 e. The summed E-state index contributed by atoms with van der Waals surface area (Å²) in [5, 5.41) is 0. The van der Waals surface area contributed by atoms with E-state index in [1.165, 1.54) is 12.1 Å². The first-order valence-corrected chi connectivity index (χ1v) is 8.08. The summed E-state index contributed by atoms with van der Waals surface area (Å²) in [4.78, 5) is 11.3. The zero-order valence-corrected chi connectivity index (χ0v) is 13.2. The molecule has 116 valence electrons. The van der Waals surface area contributed by atoms with Crippen LogP contribution in [0.5, 0.6) is 5.75 Å². The number of aryl methyl sites for hydroxylation is 1. The first-order chi connectivity index (χ1) is 10.5. The van der Waals surface area contributed by atoms with Crippen molar-refractivity contribution in [1.82, 2.24) is 4.31 Å². The summed E-state index contributed by atoms with van der Waals surface area (Å²) in [5.41, 5.74) is 1.65.